The van der Waals surface area contributed by atoms with Crippen molar-refractivity contribution < 1.29 is 23.8 Å². The summed E-state index contributed by atoms with van der Waals surface area (Å²) in [6, 6.07) is 8.98. The molecule has 126 valence electrons. The van der Waals surface area contributed by atoms with Crippen molar-refractivity contribution in [1.29, 1.82) is 0 Å². The number of carbonyl (C=O) groups is 1. The molecule has 0 spiro atoms. The molecule has 1 atom stereocenters. The van der Waals surface area contributed by atoms with Crippen LogP contribution in [0.25, 0.3) is 0 Å². The topological polar surface area (TPSA) is 69.6 Å². The quantitative estimate of drug-likeness (QED) is 0.751. The number of hydrogen-bond donors (Lipinski definition) is 3. The lowest BCUT2D eigenvalue weighted by molar-refractivity contribution is -0.216. The van der Waals surface area contributed by atoms with E-state index in [0.717, 1.165) is 0 Å². The van der Waals surface area contributed by atoms with Gasteiger partial charge in [-0.25, -0.2) is 0 Å². The van der Waals surface area contributed by atoms with Gasteiger partial charge in [0.05, 0.1) is 6.10 Å². The zero-order valence-corrected chi connectivity index (χ0v) is 12.8. The van der Waals surface area contributed by atoms with Gasteiger partial charge >= 0.3 is 5.92 Å². The van der Waals surface area contributed by atoms with Crippen LogP contribution in [0.15, 0.2) is 30.3 Å². The van der Waals surface area contributed by atoms with Gasteiger partial charge in [0.1, 0.15) is 5.60 Å². The number of hydrogen-bond acceptors (Lipinski definition) is 3. The molecule has 1 aromatic rings. The van der Waals surface area contributed by atoms with Gasteiger partial charge in [-0.15, -0.1) is 0 Å². The van der Waals surface area contributed by atoms with Crippen LogP contribution in [-0.4, -0.2) is 34.2 Å². The van der Waals surface area contributed by atoms with E-state index in [1.807, 2.05) is 6.07 Å². The molecule has 2 aliphatic rings. The highest BCUT2D eigenvalue weighted by atomic mass is 19.3. The zero-order chi connectivity index (χ0) is 16.7. The highest BCUT2D eigenvalue weighted by molar-refractivity contribution is 5.85. The van der Waals surface area contributed by atoms with Crippen LogP contribution in [-0.2, 0) is 4.79 Å². The first kappa shape index (κ1) is 16.3. The fraction of sp³-hybridized carbons (Fsp3) is 0.588. The third-order valence-corrected chi connectivity index (χ3v) is 5.24. The van der Waals surface area contributed by atoms with Gasteiger partial charge in [-0.3, -0.25) is 4.79 Å². The van der Waals surface area contributed by atoms with E-state index in [1.165, 1.54) is 0 Å². The first-order chi connectivity index (χ1) is 10.8. The van der Waals surface area contributed by atoms with Crippen molar-refractivity contribution in [2.24, 2.45) is 5.41 Å². The van der Waals surface area contributed by atoms with Crippen LogP contribution in [0, 0.1) is 5.41 Å². The molecule has 0 aliphatic heterocycles. The molecular formula is C17H21F2NO3. The lowest BCUT2D eigenvalue weighted by atomic mass is 9.75. The lowest BCUT2D eigenvalue weighted by Crippen LogP contribution is -2.61. The molecule has 1 unspecified atom stereocenters. The highest BCUT2D eigenvalue weighted by Gasteiger charge is 2.61. The second-order valence-corrected chi connectivity index (χ2v) is 6.82. The number of aliphatic hydroxyl groups excluding tert-OH is 1. The van der Waals surface area contributed by atoms with Gasteiger partial charge in [0.15, 0.2) is 0 Å². The van der Waals surface area contributed by atoms with Gasteiger partial charge in [-0.05, 0) is 37.7 Å². The molecule has 0 aromatic heterocycles. The smallest absolute Gasteiger partial charge is 0.352 e. The minimum atomic E-state index is -3.79. The van der Waals surface area contributed by atoms with E-state index < -0.39 is 28.9 Å². The minimum Gasteiger partial charge on any atom is -0.388 e. The Morgan fingerprint density at radius 2 is 1.83 bits per heavy atom. The monoisotopic (exact) mass is 325 g/mol. The molecule has 4 nitrogen and oxygen atoms in total. The van der Waals surface area contributed by atoms with Gasteiger partial charge in [-0.2, -0.15) is 8.78 Å². The summed E-state index contributed by atoms with van der Waals surface area (Å²) in [6.45, 7) is -0.0203. The Morgan fingerprint density at radius 3 is 2.30 bits per heavy atom. The third kappa shape index (κ3) is 2.74. The number of nitrogens with one attached hydrogen (secondary N) is 1. The van der Waals surface area contributed by atoms with Crippen LogP contribution in [0.3, 0.4) is 0 Å². The average molecular weight is 325 g/mol. The summed E-state index contributed by atoms with van der Waals surface area (Å²) in [5.74, 6) is -5.25. The van der Waals surface area contributed by atoms with E-state index >= 15 is 0 Å². The predicted molar refractivity (Wildman–Crippen MR) is 79.8 cm³/mol. The normalized spacial score (nSPS) is 22.8. The van der Waals surface area contributed by atoms with Crippen molar-refractivity contribution in [2.75, 3.05) is 6.54 Å². The molecule has 3 N–H and O–H groups in total. The van der Waals surface area contributed by atoms with Gasteiger partial charge in [0, 0.05) is 12.0 Å². The Balaban J connectivity index is 1.63. The maximum atomic E-state index is 14.0. The largest absolute Gasteiger partial charge is 0.388 e. The van der Waals surface area contributed by atoms with Crippen LogP contribution in [0.2, 0.25) is 0 Å². The van der Waals surface area contributed by atoms with Gasteiger partial charge < -0.3 is 15.5 Å². The van der Waals surface area contributed by atoms with E-state index in [1.54, 1.807) is 24.3 Å². The van der Waals surface area contributed by atoms with Crippen molar-refractivity contribution in [1.82, 2.24) is 5.32 Å². The molecule has 0 heterocycles. The van der Waals surface area contributed by atoms with Crippen molar-refractivity contribution in [3.05, 3.63) is 35.9 Å². The number of aliphatic hydroxyl groups is 2. The zero-order valence-electron chi connectivity index (χ0n) is 12.8. The van der Waals surface area contributed by atoms with E-state index in [9.17, 15) is 23.8 Å². The molecule has 6 heteroatoms. The third-order valence-electron chi connectivity index (χ3n) is 5.24. The van der Waals surface area contributed by atoms with Gasteiger partial charge in [0.2, 0.25) is 0 Å². The highest BCUT2D eigenvalue weighted by Crippen LogP contribution is 2.54. The second kappa shape index (κ2) is 5.53. The molecular weight excluding hydrogens is 304 g/mol. The number of halogens is 2. The maximum absolute atomic E-state index is 14.0. The predicted octanol–water partition coefficient (Wildman–Crippen LogP) is 2.17. The Labute approximate surface area is 133 Å². The van der Waals surface area contributed by atoms with Crippen molar-refractivity contribution in [3.63, 3.8) is 0 Å². The fourth-order valence-electron chi connectivity index (χ4n) is 3.10. The summed E-state index contributed by atoms with van der Waals surface area (Å²) in [6.07, 6.45) is 0.898. The molecule has 1 amide bonds. The summed E-state index contributed by atoms with van der Waals surface area (Å²) in [4.78, 5) is 11.8. The molecule has 0 bridgehead atoms. The van der Waals surface area contributed by atoms with Gasteiger partial charge in [0.25, 0.3) is 5.91 Å². The first-order valence-corrected chi connectivity index (χ1v) is 7.92. The Bertz CT molecular complexity index is 583. The molecule has 2 saturated carbocycles. The van der Waals surface area contributed by atoms with E-state index in [-0.39, 0.29) is 19.4 Å². The number of alkyl halides is 2. The molecule has 2 aliphatic carbocycles. The maximum Gasteiger partial charge on any atom is 0.352 e. The molecule has 1 aromatic carbocycles. The number of rotatable bonds is 6. The lowest BCUT2D eigenvalue weighted by Gasteiger charge is -2.41. The molecule has 2 fully saturated rings. The Morgan fingerprint density at radius 1 is 1.22 bits per heavy atom. The molecule has 0 radical (unpaired) electrons. The second-order valence-electron chi connectivity index (χ2n) is 6.82. The molecule has 23 heavy (non-hydrogen) atoms. The molecule has 0 saturated heterocycles. The average Bonchev–Trinajstić information content (AvgIpc) is 3.31. The Kier molecular flexibility index (Phi) is 3.92. The summed E-state index contributed by atoms with van der Waals surface area (Å²) in [5.41, 5.74) is -2.09. The Hall–Kier alpha value is -1.53. The van der Waals surface area contributed by atoms with E-state index in [2.05, 4.69) is 5.32 Å². The van der Waals surface area contributed by atoms with E-state index in [4.69, 9.17) is 0 Å². The van der Waals surface area contributed by atoms with Crippen LogP contribution < -0.4 is 5.32 Å². The van der Waals surface area contributed by atoms with E-state index in [0.29, 0.717) is 24.8 Å². The fourth-order valence-corrected chi connectivity index (χ4v) is 3.10. The summed E-state index contributed by atoms with van der Waals surface area (Å²) < 4.78 is 28.1. The minimum absolute atomic E-state index is 0.0203. The van der Waals surface area contributed by atoms with Crippen LogP contribution in [0.4, 0.5) is 8.78 Å². The number of amides is 1. The van der Waals surface area contributed by atoms with Gasteiger partial charge in [-0.1, -0.05) is 30.3 Å². The summed E-state index contributed by atoms with van der Waals surface area (Å²) in [5, 5.41) is 22.5. The summed E-state index contributed by atoms with van der Waals surface area (Å²) in [7, 11) is 0. The van der Waals surface area contributed by atoms with Crippen molar-refractivity contribution in [3.8, 4) is 0 Å². The number of benzene rings is 1. The van der Waals surface area contributed by atoms with Crippen molar-refractivity contribution >= 4 is 5.91 Å². The standard InChI is InChI=1S/C17H21F2NO3/c18-17(19,16(23)7-4-8-16)14(22)20-11-15(9-10-15)13(21)12-5-2-1-3-6-12/h1-3,5-6,13,21,23H,4,7-11H2,(H,20,22). The van der Waals surface area contributed by atoms with Crippen LogP contribution in [0.5, 0.6) is 0 Å². The summed E-state index contributed by atoms with van der Waals surface area (Å²) >= 11 is 0. The SMILES string of the molecule is O=C(NCC1(C(O)c2ccccc2)CC1)C(F)(F)C1(O)CCC1. The van der Waals surface area contributed by atoms with Crippen molar-refractivity contribution in [2.45, 2.75) is 49.7 Å². The van der Waals surface area contributed by atoms with Crippen LogP contribution in [0.1, 0.15) is 43.8 Å². The number of carbonyl (C=O) groups excluding carboxylic acids is 1. The van der Waals surface area contributed by atoms with Crippen LogP contribution >= 0.6 is 0 Å². The first-order valence-electron chi connectivity index (χ1n) is 7.92. The molecule has 3 rings (SSSR count).